The molecule has 11 rings (SSSR count). The van der Waals surface area contributed by atoms with Crippen LogP contribution in [0.2, 0.25) is 0 Å². The van der Waals surface area contributed by atoms with Crippen LogP contribution in [-0.2, 0) is 0 Å². The van der Waals surface area contributed by atoms with E-state index in [1.165, 1.54) is 10.8 Å². The maximum Gasteiger partial charge on any atom is 0.164 e. The Morgan fingerprint density at radius 1 is 0.351 bits per heavy atom. The van der Waals surface area contributed by atoms with Gasteiger partial charge in [0, 0.05) is 43.9 Å². The van der Waals surface area contributed by atoms with Gasteiger partial charge in [0.25, 0.3) is 0 Å². The van der Waals surface area contributed by atoms with Crippen molar-refractivity contribution in [2.75, 3.05) is 0 Å². The molecule has 0 spiro atoms. The van der Waals surface area contributed by atoms with Crippen molar-refractivity contribution in [2.24, 2.45) is 0 Å². The maximum absolute atomic E-state index is 6.35. The SMILES string of the molecule is c1ccc(-c2nc(-c3ccccc3)nc(-c3ccc(Oc4ccc(-n5c6ccccc6c6cc(-c7ccc8oc9ccccc9c8c7)ccc65)cc4)cc3)n2)cc1. The summed E-state index contributed by atoms with van der Waals surface area (Å²) in [7, 11) is 0. The Balaban J connectivity index is 0.886. The van der Waals surface area contributed by atoms with Crippen molar-refractivity contribution in [3.8, 4) is 62.5 Å². The number of hydrogen-bond acceptors (Lipinski definition) is 5. The van der Waals surface area contributed by atoms with Gasteiger partial charge < -0.3 is 13.7 Å². The standard InChI is InChI=1S/C51H32N4O2/c1-3-11-33(12-4-1)49-52-50(34-13-5-2-6-14-34)54-51(53-49)35-19-25-39(26-20-35)56-40-27-23-38(24-28-40)55-45-17-9-7-15-41(45)43-31-36(21-29-46(43)55)37-22-30-48-44(32-37)42-16-8-10-18-47(42)57-48/h1-32H. The summed E-state index contributed by atoms with van der Waals surface area (Å²) in [6.45, 7) is 0. The van der Waals surface area contributed by atoms with E-state index in [9.17, 15) is 0 Å². The molecular weight excluding hydrogens is 701 g/mol. The van der Waals surface area contributed by atoms with Crippen LogP contribution in [0.25, 0.3) is 94.7 Å². The van der Waals surface area contributed by atoms with Crippen LogP contribution in [0, 0.1) is 0 Å². The van der Waals surface area contributed by atoms with Crippen LogP contribution in [-0.4, -0.2) is 19.5 Å². The van der Waals surface area contributed by atoms with E-state index in [2.05, 4.69) is 89.5 Å². The maximum atomic E-state index is 6.35. The highest BCUT2D eigenvalue weighted by Gasteiger charge is 2.16. The second-order valence-electron chi connectivity index (χ2n) is 14.1. The summed E-state index contributed by atoms with van der Waals surface area (Å²) >= 11 is 0. The fourth-order valence-corrected chi connectivity index (χ4v) is 7.75. The van der Waals surface area contributed by atoms with Gasteiger partial charge in [-0.05, 0) is 96.1 Å². The molecule has 3 aromatic heterocycles. The molecular formula is C51H32N4O2. The molecule has 0 N–H and O–H groups in total. The Labute approximate surface area is 327 Å². The first-order valence-electron chi connectivity index (χ1n) is 18.9. The van der Waals surface area contributed by atoms with Gasteiger partial charge in [-0.1, -0.05) is 109 Å². The molecule has 8 aromatic carbocycles. The van der Waals surface area contributed by atoms with Crippen molar-refractivity contribution in [3.05, 3.63) is 194 Å². The zero-order valence-corrected chi connectivity index (χ0v) is 30.6. The van der Waals surface area contributed by atoms with Crippen LogP contribution < -0.4 is 4.74 Å². The number of ether oxygens (including phenoxy) is 1. The molecule has 0 aliphatic heterocycles. The summed E-state index contributed by atoms with van der Waals surface area (Å²) in [5.41, 5.74) is 10.2. The van der Waals surface area contributed by atoms with E-state index >= 15 is 0 Å². The summed E-state index contributed by atoms with van der Waals surface area (Å²) in [6, 6.07) is 66.2. The molecule has 0 aliphatic rings. The lowest BCUT2D eigenvalue weighted by Crippen LogP contribution is -2.00. The third-order valence-corrected chi connectivity index (χ3v) is 10.5. The first-order chi connectivity index (χ1) is 28.2. The number of para-hydroxylation sites is 2. The van der Waals surface area contributed by atoms with Gasteiger partial charge in [0.1, 0.15) is 22.7 Å². The Morgan fingerprint density at radius 2 is 0.825 bits per heavy atom. The zero-order chi connectivity index (χ0) is 37.7. The predicted octanol–water partition coefficient (Wildman–Crippen LogP) is 13.3. The van der Waals surface area contributed by atoms with Gasteiger partial charge in [0.15, 0.2) is 17.5 Å². The lowest BCUT2D eigenvalue weighted by molar-refractivity contribution is 0.482. The highest BCUT2D eigenvalue weighted by atomic mass is 16.5. The number of furan rings is 1. The van der Waals surface area contributed by atoms with Crippen molar-refractivity contribution in [3.63, 3.8) is 0 Å². The average molecular weight is 733 g/mol. The van der Waals surface area contributed by atoms with E-state index in [0.717, 1.165) is 78.0 Å². The van der Waals surface area contributed by atoms with Crippen molar-refractivity contribution >= 4 is 43.7 Å². The van der Waals surface area contributed by atoms with Crippen LogP contribution in [0.15, 0.2) is 199 Å². The normalized spacial score (nSPS) is 11.5. The summed E-state index contributed by atoms with van der Waals surface area (Å²) < 4.78 is 14.8. The molecule has 0 radical (unpaired) electrons. The average Bonchev–Trinajstić information content (AvgIpc) is 3.82. The van der Waals surface area contributed by atoms with Gasteiger partial charge in [-0.15, -0.1) is 0 Å². The smallest absolute Gasteiger partial charge is 0.164 e. The van der Waals surface area contributed by atoms with E-state index in [4.69, 9.17) is 24.1 Å². The van der Waals surface area contributed by atoms with E-state index in [1.54, 1.807) is 0 Å². The van der Waals surface area contributed by atoms with Crippen LogP contribution in [0.1, 0.15) is 0 Å². The quantitative estimate of drug-likeness (QED) is 0.163. The summed E-state index contributed by atoms with van der Waals surface area (Å²) in [4.78, 5) is 14.5. The van der Waals surface area contributed by atoms with E-state index in [0.29, 0.717) is 17.5 Å². The molecule has 0 unspecified atom stereocenters. The van der Waals surface area contributed by atoms with Gasteiger partial charge in [0.2, 0.25) is 0 Å². The molecule has 0 fully saturated rings. The molecule has 6 nitrogen and oxygen atoms in total. The van der Waals surface area contributed by atoms with Gasteiger partial charge in [-0.3, -0.25) is 0 Å². The van der Waals surface area contributed by atoms with E-state index in [-0.39, 0.29) is 0 Å². The number of benzene rings is 8. The Bertz CT molecular complexity index is 3190. The monoisotopic (exact) mass is 732 g/mol. The Kier molecular flexibility index (Phi) is 7.71. The molecule has 0 atom stereocenters. The third kappa shape index (κ3) is 5.88. The van der Waals surface area contributed by atoms with Crippen LogP contribution in [0.5, 0.6) is 11.5 Å². The van der Waals surface area contributed by atoms with Gasteiger partial charge in [0.05, 0.1) is 11.0 Å². The minimum absolute atomic E-state index is 0.601. The van der Waals surface area contributed by atoms with Gasteiger partial charge >= 0.3 is 0 Å². The second kappa shape index (κ2) is 13.5. The van der Waals surface area contributed by atoms with E-state index in [1.807, 2.05) is 109 Å². The van der Waals surface area contributed by atoms with Gasteiger partial charge in [-0.2, -0.15) is 0 Å². The van der Waals surface area contributed by atoms with Crippen LogP contribution in [0.3, 0.4) is 0 Å². The zero-order valence-electron chi connectivity index (χ0n) is 30.6. The molecule has 6 heteroatoms. The Morgan fingerprint density at radius 3 is 1.49 bits per heavy atom. The van der Waals surface area contributed by atoms with E-state index < -0.39 is 0 Å². The fraction of sp³-hybridized carbons (Fsp3) is 0. The number of fused-ring (bicyclic) bond motifs is 6. The third-order valence-electron chi connectivity index (χ3n) is 10.5. The molecule has 0 bridgehead atoms. The predicted molar refractivity (Wildman–Crippen MR) is 230 cm³/mol. The van der Waals surface area contributed by atoms with Crippen LogP contribution in [0.4, 0.5) is 0 Å². The molecule has 0 amide bonds. The summed E-state index contributed by atoms with van der Waals surface area (Å²) in [5, 5.41) is 4.66. The minimum Gasteiger partial charge on any atom is -0.457 e. The molecule has 3 heterocycles. The van der Waals surface area contributed by atoms with Gasteiger partial charge in [-0.25, -0.2) is 15.0 Å². The van der Waals surface area contributed by atoms with Crippen molar-refractivity contribution in [1.29, 1.82) is 0 Å². The van der Waals surface area contributed by atoms with Crippen molar-refractivity contribution in [1.82, 2.24) is 19.5 Å². The topological polar surface area (TPSA) is 66.0 Å². The number of rotatable bonds is 7. The molecule has 57 heavy (non-hydrogen) atoms. The summed E-state index contributed by atoms with van der Waals surface area (Å²) in [5.74, 6) is 3.33. The molecule has 0 saturated heterocycles. The highest BCUT2D eigenvalue weighted by molar-refractivity contribution is 6.11. The first-order valence-corrected chi connectivity index (χ1v) is 18.9. The molecule has 0 saturated carbocycles. The molecule has 268 valence electrons. The highest BCUT2D eigenvalue weighted by Crippen LogP contribution is 2.38. The summed E-state index contributed by atoms with van der Waals surface area (Å²) in [6.07, 6.45) is 0. The largest absolute Gasteiger partial charge is 0.457 e. The number of aromatic nitrogens is 4. The fourth-order valence-electron chi connectivity index (χ4n) is 7.75. The second-order valence-corrected chi connectivity index (χ2v) is 14.1. The van der Waals surface area contributed by atoms with Crippen molar-refractivity contribution in [2.45, 2.75) is 0 Å². The number of hydrogen-bond donors (Lipinski definition) is 0. The lowest BCUT2D eigenvalue weighted by Gasteiger charge is -2.11. The minimum atomic E-state index is 0.601. The molecule has 0 aliphatic carbocycles. The Hall–Kier alpha value is -7.83. The number of nitrogens with zero attached hydrogens (tertiary/aromatic N) is 4. The molecule has 11 aromatic rings. The lowest BCUT2D eigenvalue weighted by atomic mass is 10.0. The van der Waals surface area contributed by atoms with Crippen LogP contribution >= 0.6 is 0 Å². The van der Waals surface area contributed by atoms with Crippen molar-refractivity contribution < 1.29 is 9.15 Å². The first kappa shape index (κ1) is 32.6.